The molecule has 0 aromatic rings. The second-order valence-electron chi connectivity index (χ2n) is 15.0. The third kappa shape index (κ3) is 57.0. The Balaban J connectivity index is 3.08. The minimum atomic E-state index is -0.151. The van der Waals surface area contributed by atoms with Gasteiger partial charge in [-0.3, -0.25) is 4.79 Å². The Morgan fingerprint density at radius 1 is 0.230 bits per heavy atom. The standard InChI is InChI=1S/C47H94O14/c1-3-5-7-9-10-11-12-13-14-15-16-17-18-20-22-49-23-24-50-25-26-51-27-28-52-29-30-53-31-32-54-33-34-55-35-36-56-37-38-57-39-40-58-41-42-59-43-44-60-45-46-61-47(48)21-19-8-6-4-2/h3-46H2,1-2H3. The van der Waals surface area contributed by atoms with Crippen molar-refractivity contribution < 1.29 is 66.4 Å². The molecular weight excluding hydrogens is 789 g/mol. The quantitative estimate of drug-likeness (QED) is 0.0429. The molecule has 0 spiro atoms. The van der Waals surface area contributed by atoms with Crippen LogP contribution in [-0.2, 0) is 66.4 Å². The summed E-state index contributed by atoms with van der Waals surface area (Å²) in [5.41, 5.74) is 0. The van der Waals surface area contributed by atoms with Gasteiger partial charge in [0, 0.05) is 13.0 Å². The fraction of sp³-hybridized carbons (Fsp3) is 0.979. The van der Waals surface area contributed by atoms with Crippen molar-refractivity contribution in [3.63, 3.8) is 0 Å². The summed E-state index contributed by atoms with van der Waals surface area (Å²) in [5, 5.41) is 0. The molecule has 0 saturated heterocycles. The first kappa shape index (κ1) is 60.0. The maximum Gasteiger partial charge on any atom is 0.305 e. The van der Waals surface area contributed by atoms with Crippen LogP contribution >= 0.6 is 0 Å². The molecule has 0 saturated carbocycles. The molecule has 0 aliphatic carbocycles. The number of rotatable bonds is 56. The zero-order valence-electron chi connectivity index (χ0n) is 39.3. The van der Waals surface area contributed by atoms with E-state index in [9.17, 15) is 4.79 Å². The molecule has 0 atom stereocenters. The Kier molecular flexibility index (Phi) is 56.1. The van der Waals surface area contributed by atoms with Gasteiger partial charge in [-0.05, 0) is 12.8 Å². The normalized spacial score (nSPS) is 11.6. The topological polar surface area (TPSA) is 137 Å². The van der Waals surface area contributed by atoms with Crippen molar-refractivity contribution in [1.82, 2.24) is 0 Å². The number of hydrogen-bond donors (Lipinski definition) is 0. The Morgan fingerprint density at radius 2 is 0.426 bits per heavy atom. The Hall–Kier alpha value is -1.01. The molecule has 0 aliphatic heterocycles. The van der Waals surface area contributed by atoms with Gasteiger partial charge in [-0.15, -0.1) is 0 Å². The number of esters is 1. The summed E-state index contributed by atoms with van der Waals surface area (Å²) in [6.45, 7) is 17.3. The maximum atomic E-state index is 11.6. The summed E-state index contributed by atoms with van der Waals surface area (Å²) >= 11 is 0. The Bertz CT molecular complexity index is 797. The molecule has 0 amide bonds. The van der Waals surface area contributed by atoms with Crippen molar-refractivity contribution in [2.75, 3.05) is 165 Å². The van der Waals surface area contributed by atoms with Crippen LogP contribution in [0.25, 0.3) is 0 Å². The SMILES string of the molecule is CCCCCCCCCCCCCCCCOCCOCCOCCOCCOCCOCCOCCOCCOCCOCCOCCOCCOC(=O)CCCCCC. The van der Waals surface area contributed by atoms with E-state index in [0.29, 0.717) is 158 Å². The molecule has 0 rings (SSSR count). The van der Waals surface area contributed by atoms with Crippen LogP contribution in [0.4, 0.5) is 0 Å². The lowest BCUT2D eigenvalue weighted by Crippen LogP contribution is -2.15. The third-order valence-electron chi connectivity index (χ3n) is 9.46. The van der Waals surface area contributed by atoms with Gasteiger partial charge in [-0.25, -0.2) is 0 Å². The fourth-order valence-corrected chi connectivity index (χ4v) is 5.90. The average Bonchev–Trinajstić information content (AvgIpc) is 3.27. The van der Waals surface area contributed by atoms with E-state index >= 15 is 0 Å². The number of carbonyl (C=O) groups is 1. The summed E-state index contributed by atoms with van der Waals surface area (Å²) in [4.78, 5) is 11.6. The van der Waals surface area contributed by atoms with E-state index in [0.717, 1.165) is 38.7 Å². The van der Waals surface area contributed by atoms with Crippen LogP contribution in [0.15, 0.2) is 0 Å². The third-order valence-corrected chi connectivity index (χ3v) is 9.46. The lowest BCUT2D eigenvalue weighted by Gasteiger charge is -2.09. The lowest BCUT2D eigenvalue weighted by atomic mass is 10.0. The first-order valence-corrected chi connectivity index (χ1v) is 24.4. The molecule has 366 valence electrons. The van der Waals surface area contributed by atoms with Crippen molar-refractivity contribution in [2.45, 2.75) is 136 Å². The van der Waals surface area contributed by atoms with Crippen LogP contribution in [0.2, 0.25) is 0 Å². The molecule has 0 unspecified atom stereocenters. The monoisotopic (exact) mass is 883 g/mol. The minimum absolute atomic E-state index is 0.151. The van der Waals surface area contributed by atoms with E-state index in [1.807, 2.05) is 0 Å². The summed E-state index contributed by atoms with van der Waals surface area (Å²) in [6.07, 6.45) is 24.0. The van der Waals surface area contributed by atoms with Crippen molar-refractivity contribution >= 4 is 5.97 Å². The predicted octanol–water partition coefficient (Wildman–Crippen LogP) is 8.18. The predicted molar refractivity (Wildman–Crippen MR) is 240 cm³/mol. The average molecular weight is 883 g/mol. The van der Waals surface area contributed by atoms with Gasteiger partial charge in [-0.1, -0.05) is 117 Å². The van der Waals surface area contributed by atoms with Crippen LogP contribution in [0, 0.1) is 0 Å². The van der Waals surface area contributed by atoms with Gasteiger partial charge >= 0.3 is 5.97 Å². The van der Waals surface area contributed by atoms with E-state index in [2.05, 4.69) is 13.8 Å². The minimum Gasteiger partial charge on any atom is -0.463 e. The molecular formula is C47H94O14. The molecule has 0 heterocycles. The van der Waals surface area contributed by atoms with E-state index < -0.39 is 0 Å². The largest absolute Gasteiger partial charge is 0.463 e. The molecule has 61 heavy (non-hydrogen) atoms. The Labute approximate surface area is 372 Å². The number of hydrogen-bond acceptors (Lipinski definition) is 14. The summed E-state index contributed by atoms with van der Waals surface area (Å²) in [6, 6.07) is 0. The molecule has 0 aromatic carbocycles. The first-order valence-electron chi connectivity index (χ1n) is 24.4. The van der Waals surface area contributed by atoms with Gasteiger partial charge in [0.25, 0.3) is 0 Å². The van der Waals surface area contributed by atoms with E-state index in [4.69, 9.17) is 61.6 Å². The van der Waals surface area contributed by atoms with Crippen molar-refractivity contribution in [1.29, 1.82) is 0 Å². The van der Waals surface area contributed by atoms with Crippen LogP contribution in [-0.4, -0.2) is 171 Å². The van der Waals surface area contributed by atoms with Crippen LogP contribution in [0.5, 0.6) is 0 Å². The summed E-state index contributed by atoms with van der Waals surface area (Å²) < 4.78 is 71.4. The molecule has 0 aliphatic rings. The summed E-state index contributed by atoms with van der Waals surface area (Å²) in [5.74, 6) is -0.151. The Morgan fingerprint density at radius 3 is 0.689 bits per heavy atom. The molecule has 14 nitrogen and oxygen atoms in total. The van der Waals surface area contributed by atoms with Gasteiger partial charge < -0.3 is 61.6 Å². The molecule has 0 fully saturated rings. The highest BCUT2D eigenvalue weighted by Gasteiger charge is 2.03. The van der Waals surface area contributed by atoms with Gasteiger partial charge in [-0.2, -0.15) is 0 Å². The highest BCUT2D eigenvalue weighted by atomic mass is 16.6. The summed E-state index contributed by atoms with van der Waals surface area (Å²) in [7, 11) is 0. The van der Waals surface area contributed by atoms with E-state index in [1.54, 1.807) is 0 Å². The van der Waals surface area contributed by atoms with Crippen molar-refractivity contribution in [2.24, 2.45) is 0 Å². The molecule has 0 bridgehead atoms. The molecule has 0 radical (unpaired) electrons. The maximum absolute atomic E-state index is 11.6. The number of unbranched alkanes of at least 4 members (excludes halogenated alkanes) is 16. The van der Waals surface area contributed by atoms with Crippen LogP contribution in [0.1, 0.15) is 136 Å². The van der Waals surface area contributed by atoms with E-state index in [1.165, 1.54) is 83.5 Å². The van der Waals surface area contributed by atoms with Crippen LogP contribution < -0.4 is 0 Å². The second kappa shape index (κ2) is 57.0. The smallest absolute Gasteiger partial charge is 0.305 e. The zero-order valence-corrected chi connectivity index (χ0v) is 39.3. The second-order valence-corrected chi connectivity index (χ2v) is 15.0. The van der Waals surface area contributed by atoms with Gasteiger partial charge in [0.15, 0.2) is 0 Å². The molecule has 0 N–H and O–H groups in total. The lowest BCUT2D eigenvalue weighted by molar-refractivity contribution is -0.145. The highest BCUT2D eigenvalue weighted by molar-refractivity contribution is 5.69. The number of carbonyl (C=O) groups excluding carboxylic acids is 1. The van der Waals surface area contributed by atoms with Gasteiger partial charge in [0.2, 0.25) is 0 Å². The van der Waals surface area contributed by atoms with Gasteiger partial charge in [0.1, 0.15) is 6.61 Å². The fourth-order valence-electron chi connectivity index (χ4n) is 5.90. The van der Waals surface area contributed by atoms with Gasteiger partial charge in [0.05, 0.1) is 152 Å². The first-order chi connectivity index (χ1) is 30.3. The van der Waals surface area contributed by atoms with Crippen LogP contribution in [0.3, 0.4) is 0 Å². The molecule has 14 heteroatoms. The number of ether oxygens (including phenoxy) is 13. The zero-order chi connectivity index (χ0) is 43.9. The molecule has 0 aromatic heterocycles. The van der Waals surface area contributed by atoms with Crippen molar-refractivity contribution in [3.8, 4) is 0 Å². The van der Waals surface area contributed by atoms with E-state index in [-0.39, 0.29) is 12.6 Å². The highest BCUT2D eigenvalue weighted by Crippen LogP contribution is 2.13. The van der Waals surface area contributed by atoms with Crippen molar-refractivity contribution in [3.05, 3.63) is 0 Å².